The lowest BCUT2D eigenvalue weighted by atomic mass is 10.3. The first-order valence-electron chi connectivity index (χ1n) is 5.81. The maximum atomic E-state index is 11.4. The van der Waals surface area contributed by atoms with Gasteiger partial charge in [0.1, 0.15) is 5.76 Å². The van der Waals surface area contributed by atoms with Gasteiger partial charge in [-0.15, -0.1) is 0 Å². The third-order valence-electron chi connectivity index (χ3n) is 2.24. The molecule has 0 aliphatic carbocycles. The van der Waals surface area contributed by atoms with Crippen LogP contribution in [0.3, 0.4) is 0 Å². The van der Waals surface area contributed by atoms with Crippen molar-refractivity contribution in [3.05, 3.63) is 23.7 Å². The monoisotopic (exact) mass is 254 g/mol. The molecule has 0 saturated heterocycles. The second kappa shape index (κ2) is 6.80. The van der Waals surface area contributed by atoms with E-state index < -0.39 is 5.97 Å². The van der Waals surface area contributed by atoms with Crippen LogP contribution in [0.4, 0.5) is 0 Å². The molecule has 0 aromatic carbocycles. The maximum Gasteiger partial charge on any atom is 0.371 e. The van der Waals surface area contributed by atoms with Gasteiger partial charge < -0.3 is 20.2 Å². The molecule has 6 heteroatoms. The molecule has 1 rings (SSSR count). The average Bonchev–Trinajstić information content (AvgIpc) is 2.74. The Labute approximate surface area is 105 Å². The van der Waals surface area contributed by atoms with E-state index >= 15 is 0 Å². The van der Waals surface area contributed by atoms with E-state index in [1.807, 2.05) is 13.8 Å². The molecule has 0 radical (unpaired) electrons. The van der Waals surface area contributed by atoms with E-state index in [-0.39, 0.29) is 18.2 Å². The van der Waals surface area contributed by atoms with Gasteiger partial charge in [-0.05, 0) is 12.1 Å². The number of carboxylic acids is 1. The van der Waals surface area contributed by atoms with Crippen molar-refractivity contribution < 1.29 is 19.1 Å². The van der Waals surface area contributed by atoms with E-state index in [0.717, 1.165) is 0 Å². The van der Waals surface area contributed by atoms with Crippen molar-refractivity contribution in [1.82, 2.24) is 10.6 Å². The van der Waals surface area contributed by atoms with Gasteiger partial charge in [0, 0.05) is 19.0 Å². The highest BCUT2D eigenvalue weighted by Gasteiger charge is 2.09. The molecule has 0 aliphatic heterocycles. The van der Waals surface area contributed by atoms with E-state index in [0.29, 0.717) is 24.8 Å². The second-order valence-electron chi connectivity index (χ2n) is 4.21. The van der Waals surface area contributed by atoms with Crippen molar-refractivity contribution in [3.8, 4) is 0 Å². The van der Waals surface area contributed by atoms with Gasteiger partial charge in [0.25, 0.3) is 0 Å². The first kappa shape index (κ1) is 14.2. The molecule has 0 unspecified atom stereocenters. The van der Waals surface area contributed by atoms with E-state index in [2.05, 4.69) is 10.6 Å². The number of carbonyl (C=O) groups excluding carboxylic acids is 1. The number of carbonyl (C=O) groups is 2. The molecule has 0 atom stereocenters. The number of rotatable bonds is 7. The fourth-order valence-electron chi connectivity index (χ4n) is 1.34. The Morgan fingerprint density at radius 3 is 2.67 bits per heavy atom. The number of hydrogen-bond acceptors (Lipinski definition) is 4. The van der Waals surface area contributed by atoms with Gasteiger partial charge in [-0.2, -0.15) is 0 Å². The number of aromatic carboxylic acids is 1. The van der Waals surface area contributed by atoms with Crippen molar-refractivity contribution >= 4 is 11.9 Å². The van der Waals surface area contributed by atoms with Crippen LogP contribution in [-0.4, -0.2) is 29.6 Å². The summed E-state index contributed by atoms with van der Waals surface area (Å²) in [4.78, 5) is 22.0. The zero-order valence-electron chi connectivity index (χ0n) is 10.5. The van der Waals surface area contributed by atoms with E-state index in [9.17, 15) is 9.59 Å². The predicted octanol–water partition coefficient (Wildman–Crippen LogP) is 0.982. The van der Waals surface area contributed by atoms with Crippen LogP contribution >= 0.6 is 0 Å². The molecule has 1 aromatic heterocycles. The van der Waals surface area contributed by atoms with Gasteiger partial charge in [-0.1, -0.05) is 13.8 Å². The van der Waals surface area contributed by atoms with Gasteiger partial charge in [-0.25, -0.2) is 4.79 Å². The second-order valence-corrected chi connectivity index (χ2v) is 4.21. The Morgan fingerprint density at radius 2 is 2.11 bits per heavy atom. The zero-order valence-corrected chi connectivity index (χ0v) is 10.5. The summed E-state index contributed by atoms with van der Waals surface area (Å²) in [7, 11) is 0. The number of carboxylic acid groups (broad SMARTS) is 1. The fourth-order valence-corrected chi connectivity index (χ4v) is 1.34. The molecule has 3 N–H and O–H groups in total. The van der Waals surface area contributed by atoms with Crippen LogP contribution < -0.4 is 10.6 Å². The first-order valence-corrected chi connectivity index (χ1v) is 5.81. The topological polar surface area (TPSA) is 91.6 Å². The Morgan fingerprint density at radius 1 is 1.39 bits per heavy atom. The van der Waals surface area contributed by atoms with E-state index in [1.54, 1.807) is 0 Å². The SMILES string of the molecule is CC(C)NCCC(=O)NCc1ccc(C(=O)O)o1. The van der Waals surface area contributed by atoms with Gasteiger partial charge in [0.2, 0.25) is 11.7 Å². The molecule has 1 heterocycles. The molecular formula is C12H18N2O4. The van der Waals surface area contributed by atoms with Crippen LogP contribution in [0.25, 0.3) is 0 Å². The first-order chi connectivity index (χ1) is 8.49. The molecule has 100 valence electrons. The minimum atomic E-state index is -1.12. The average molecular weight is 254 g/mol. The van der Waals surface area contributed by atoms with Gasteiger partial charge in [0.15, 0.2) is 0 Å². The van der Waals surface area contributed by atoms with Crippen LogP contribution in [0.1, 0.15) is 36.6 Å². The largest absolute Gasteiger partial charge is 0.475 e. The molecule has 0 saturated carbocycles. The zero-order chi connectivity index (χ0) is 13.5. The minimum Gasteiger partial charge on any atom is -0.475 e. The summed E-state index contributed by atoms with van der Waals surface area (Å²) in [6.07, 6.45) is 0.380. The third kappa shape index (κ3) is 5.01. The summed E-state index contributed by atoms with van der Waals surface area (Å²) in [6.45, 7) is 4.83. The van der Waals surface area contributed by atoms with Crippen LogP contribution in [0.15, 0.2) is 16.5 Å². The van der Waals surface area contributed by atoms with Crippen molar-refractivity contribution in [2.24, 2.45) is 0 Å². The quantitative estimate of drug-likeness (QED) is 0.674. The molecule has 0 bridgehead atoms. The highest BCUT2D eigenvalue weighted by molar-refractivity contribution is 5.84. The molecule has 6 nitrogen and oxygen atoms in total. The fraction of sp³-hybridized carbons (Fsp3) is 0.500. The van der Waals surface area contributed by atoms with Crippen molar-refractivity contribution in [2.75, 3.05) is 6.54 Å². The number of amides is 1. The molecule has 1 amide bonds. The lowest BCUT2D eigenvalue weighted by Crippen LogP contribution is -2.30. The minimum absolute atomic E-state index is 0.101. The smallest absolute Gasteiger partial charge is 0.371 e. The normalized spacial score (nSPS) is 10.6. The molecule has 18 heavy (non-hydrogen) atoms. The van der Waals surface area contributed by atoms with E-state index in [1.165, 1.54) is 12.1 Å². The molecule has 1 aromatic rings. The van der Waals surface area contributed by atoms with Crippen LogP contribution in [0.5, 0.6) is 0 Å². The summed E-state index contributed by atoms with van der Waals surface area (Å²) < 4.78 is 5.01. The number of hydrogen-bond donors (Lipinski definition) is 3. The highest BCUT2D eigenvalue weighted by atomic mass is 16.4. The Bertz CT molecular complexity index is 412. The van der Waals surface area contributed by atoms with Crippen LogP contribution in [0.2, 0.25) is 0 Å². The Balaban J connectivity index is 2.27. The summed E-state index contributed by atoms with van der Waals surface area (Å²) >= 11 is 0. The van der Waals surface area contributed by atoms with E-state index in [4.69, 9.17) is 9.52 Å². The molecule has 0 fully saturated rings. The maximum absolute atomic E-state index is 11.4. The summed E-state index contributed by atoms with van der Waals surface area (Å²) in [5, 5.41) is 14.4. The number of furan rings is 1. The standard InChI is InChI=1S/C12H18N2O4/c1-8(2)13-6-5-11(15)14-7-9-3-4-10(18-9)12(16)17/h3-4,8,13H,5-7H2,1-2H3,(H,14,15)(H,16,17). The lowest BCUT2D eigenvalue weighted by molar-refractivity contribution is -0.121. The predicted molar refractivity (Wildman–Crippen MR) is 65.3 cm³/mol. The summed E-state index contributed by atoms with van der Waals surface area (Å²) in [6, 6.07) is 3.25. The van der Waals surface area contributed by atoms with Gasteiger partial charge in [0.05, 0.1) is 6.54 Å². The van der Waals surface area contributed by atoms with Gasteiger partial charge >= 0.3 is 5.97 Å². The lowest BCUT2D eigenvalue weighted by Gasteiger charge is -2.07. The third-order valence-corrected chi connectivity index (χ3v) is 2.24. The number of nitrogens with one attached hydrogen (secondary N) is 2. The summed E-state index contributed by atoms with van der Waals surface area (Å²) in [5.74, 6) is -0.913. The molecule has 0 aliphatic rings. The molecule has 0 spiro atoms. The summed E-state index contributed by atoms with van der Waals surface area (Å²) in [5.41, 5.74) is 0. The highest BCUT2D eigenvalue weighted by Crippen LogP contribution is 2.07. The Kier molecular flexibility index (Phi) is 5.38. The van der Waals surface area contributed by atoms with Crippen molar-refractivity contribution in [2.45, 2.75) is 32.9 Å². The molecular weight excluding hydrogens is 236 g/mol. The van der Waals surface area contributed by atoms with Gasteiger partial charge in [-0.3, -0.25) is 4.79 Å². The van der Waals surface area contributed by atoms with Crippen molar-refractivity contribution in [1.29, 1.82) is 0 Å². The Hall–Kier alpha value is -1.82. The van der Waals surface area contributed by atoms with Crippen LogP contribution in [0, 0.1) is 0 Å². The van der Waals surface area contributed by atoms with Crippen molar-refractivity contribution in [3.63, 3.8) is 0 Å². The van der Waals surface area contributed by atoms with Crippen LogP contribution in [-0.2, 0) is 11.3 Å².